The first kappa shape index (κ1) is 16.3. The topological polar surface area (TPSA) is 98.7 Å². The van der Waals surface area contributed by atoms with Crippen molar-refractivity contribution in [3.05, 3.63) is 53.8 Å². The molecule has 1 amide bonds. The number of aromatic nitrogens is 4. The van der Waals surface area contributed by atoms with Crippen LogP contribution in [0.5, 0.6) is 0 Å². The summed E-state index contributed by atoms with van der Waals surface area (Å²) in [5.74, 6) is 6.47. The number of nitrogen functional groups attached to an aromatic ring is 1. The van der Waals surface area contributed by atoms with Gasteiger partial charge in [0.25, 0.3) is 0 Å². The van der Waals surface area contributed by atoms with Crippen molar-refractivity contribution >= 4 is 35.0 Å². The minimum atomic E-state index is -0.185. The van der Waals surface area contributed by atoms with Crippen molar-refractivity contribution in [3.8, 4) is 11.4 Å². The third-order valence-corrected chi connectivity index (χ3v) is 4.22. The molecule has 2 aromatic heterocycles. The van der Waals surface area contributed by atoms with E-state index in [4.69, 9.17) is 17.4 Å². The van der Waals surface area contributed by atoms with Crippen molar-refractivity contribution in [1.82, 2.24) is 19.9 Å². The number of pyridine rings is 1. The lowest BCUT2D eigenvalue weighted by Gasteiger charge is -2.05. The molecule has 122 valence electrons. The number of rotatable bonds is 5. The molecular formula is C15H13ClN6OS. The number of carbonyl (C=O) groups is 1. The van der Waals surface area contributed by atoms with Crippen LogP contribution in [-0.4, -0.2) is 31.5 Å². The molecule has 0 atom stereocenters. The van der Waals surface area contributed by atoms with E-state index in [1.54, 1.807) is 48.8 Å². The van der Waals surface area contributed by atoms with Crippen LogP contribution in [0.15, 0.2) is 53.9 Å². The molecule has 0 saturated heterocycles. The molecule has 3 rings (SSSR count). The third-order valence-electron chi connectivity index (χ3n) is 3.04. The number of halogens is 1. The van der Waals surface area contributed by atoms with E-state index in [0.717, 1.165) is 5.56 Å². The van der Waals surface area contributed by atoms with Gasteiger partial charge in [0.2, 0.25) is 11.1 Å². The SMILES string of the molecule is Nn1c(SCC(=O)Nc2cccc(Cl)c2)nnc1-c1ccncc1. The molecule has 3 aromatic rings. The van der Waals surface area contributed by atoms with Crippen LogP contribution < -0.4 is 11.2 Å². The number of benzene rings is 1. The van der Waals surface area contributed by atoms with Gasteiger partial charge in [-0.05, 0) is 30.3 Å². The minimum Gasteiger partial charge on any atom is -0.335 e. The molecule has 0 unspecified atom stereocenters. The van der Waals surface area contributed by atoms with Crippen molar-refractivity contribution in [2.75, 3.05) is 16.9 Å². The third kappa shape index (κ3) is 3.84. The first-order chi connectivity index (χ1) is 11.6. The quantitative estimate of drug-likeness (QED) is 0.535. The molecule has 0 aliphatic rings. The van der Waals surface area contributed by atoms with Crippen molar-refractivity contribution in [1.29, 1.82) is 0 Å². The molecule has 0 aliphatic heterocycles. The van der Waals surface area contributed by atoms with Crippen molar-refractivity contribution in [2.45, 2.75) is 5.16 Å². The molecule has 7 nitrogen and oxygen atoms in total. The summed E-state index contributed by atoms with van der Waals surface area (Å²) in [5.41, 5.74) is 1.44. The molecule has 2 heterocycles. The summed E-state index contributed by atoms with van der Waals surface area (Å²) in [4.78, 5) is 16.0. The normalized spacial score (nSPS) is 10.5. The van der Waals surface area contributed by atoms with E-state index in [9.17, 15) is 4.79 Å². The Hall–Kier alpha value is -2.58. The standard InChI is InChI=1S/C15H13ClN6OS/c16-11-2-1-3-12(8-11)19-13(23)9-24-15-21-20-14(22(15)17)10-4-6-18-7-5-10/h1-8H,9,17H2,(H,19,23). The Labute approximate surface area is 147 Å². The Morgan fingerprint density at radius 1 is 1.25 bits per heavy atom. The van der Waals surface area contributed by atoms with Gasteiger partial charge in [0, 0.05) is 28.7 Å². The van der Waals surface area contributed by atoms with Crippen LogP contribution >= 0.6 is 23.4 Å². The van der Waals surface area contributed by atoms with Gasteiger partial charge in [-0.3, -0.25) is 9.78 Å². The number of amides is 1. The number of nitrogens with zero attached hydrogens (tertiary/aromatic N) is 4. The minimum absolute atomic E-state index is 0.151. The Bertz CT molecular complexity index is 854. The van der Waals surface area contributed by atoms with Gasteiger partial charge in [0.05, 0.1) is 5.75 Å². The summed E-state index contributed by atoms with van der Waals surface area (Å²) in [6.45, 7) is 0. The number of hydrogen-bond acceptors (Lipinski definition) is 6. The summed E-state index contributed by atoms with van der Waals surface area (Å²) in [6.07, 6.45) is 3.30. The van der Waals surface area contributed by atoms with Crippen LogP contribution in [0.1, 0.15) is 0 Å². The van der Waals surface area contributed by atoms with Crippen LogP contribution in [0.3, 0.4) is 0 Å². The highest BCUT2D eigenvalue weighted by Crippen LogP contribution is 2.21. The number of nitrogens with one attached hydrogen (secondary N) is 1. The van der Waals surface area contributed by atoms with Gasteiger partial charge in [-0.25, -0.2) is 4.68 Å². The first-order valence-corrected chi connectivity index (χ1v) is 8.29. The predicted octanol–water partition coefficient (Wildman–Crippen LogP) is 2.44. The van der Waals surface area contributed by atoms with Crippen LogP contribution in [0.4, 0.5) is 5.69 Å². The van der Waals surface area contributed by atoms with Crippen molar-refractivity contribution < 1.29 is 4.79 Å². The number of hydrogen-bond donors (Lipinski definition) is 2. The van der Waals surface area contributed by atoms with E-state index in [2.05, 4.69) is 20.5 Å². The summed E-state index contributed by atoms with van der Waals surface area (Å²) in [5, 5.41) is 11.8. The molecule has 0 spiro atoms. The van der Waals surface area contributed by atoms with E-state index in [-0.39, 0.29) is 11.7 Å². The second-order valence-electron chi connectivity index (χ2n) is 4.76. The van der Waals surface area contributed by atoms with Gasteiger partial charge in [0.15, 0.2) is 5.82 Å². The van der Waals surface area contributed by atoms with Crippen molar-refractivity contribution in [2.24, 2.45) is 0 Å². The fourth-order valence-corrected chi connectivity index (χ4v) is 2.81. The maximum Gasteiger partial charge on any atom is 0.234 e. The van der Waals surface area contributed by atoms with Crippen LogP contribution in [0, 0.1) is 0 Å². The van der Waals surface area contributed by atoms with Gasteiger partial charge in [-0.2, -0.15) is 0 Å². The summed E-state index contributed by atoms with van der Waals surface area (Å²) in [7, 11) is 0. The predicted molar refractivity (Wildman–Crippen MR) is 94.2 cm³/mol. The number of anilines is 1. The summed E-state index contributed by atoms with van der Waals surface area (Å²) in [6, 6.07) is 10.5. The zero-order valence-electron chi connectivity index (χ0n) is 12.4. The maximum atomic E-state index is 12.0. The zero-order chi connectivity index (χ0) is 16.9. The summed E-state index contributed by atoms with van der Waals surface area (Å²) >= 11 is 7.08. The lowest BCUT2D eigenvalue weighted by atomic mass is 10.2. The van der Waals surface area contributed by atoms with E-state index in [0.29, 0.717) is 21.7 Å². The molecule has 0 bridgehead atoms. The highest BCUT2D eigenvalue weighted by Gasteiger charge is 2.13. The maximum absolute atomic E-state index is 12.0. The summed E-state index contributed by atoms with van der Waals surface area (Å²) < 4.78 is 1.35. The second kappa shape index (κ2) is 7.33. The molecule has 9 heteroatoms. The van der Waals surface area contributed by atoms with Crippen LogP contribution in [0.2, 0.25) is 5.02 Å². The van der Waals surface area contributed by atoms with Gasteiger partial charge in [0.1, 0.15) is 0 Å². The first-order valence-electron chi connectivity index (χ1n) is 6.92. The molecular weight excluding hydrogens is 348 g/mol. The van der Waals surface area contributed by atoms with E-state index < -0.39 is 0 Å². The average molecular weight is 361 g/mol. The highest BCUT2D eigenvalue weighted by atomic mass is 35.5. The van der Waals surface area contributed by atoms with Gasteiger partial charge in [-0.1, -0.05) is 29.4 Å². The number of thioether (sulfide) groups is 1. The lowest BCUT2D eigenvalue weighted by Crippen LogP contribution is -2.16. The fraction of sp³-hybridized carbons (Fsp3) is 0.0667. The molecule has 1 aromatic carbocycles. The Balaban J connectivity index is 1.63. The fourth-order valence-electron chi connectivity index (χ4n) is 1.97. The zero-order valence-corrected chi connectivity index (χ0v) is 14.0. The van der Waals surface area contributed by atoms with Gasteiger partial charge in [-0.15, -0.1) is 10.2 Å². The molecule has 3 N–H and O–H groups in total. The Morgan fingerprint density at radius 2 is 2.04 bits per heavy atom. The number of carbonyl (C=O) groups excluding carboxylic acids is 1. The molecule has 0 aliphatic carbocycles. The van der Waals surface area contributed by atoms with Crippen LogP contribution in [-0.2, 0) is 4.79 Å². The molecule has 0 radical (unpaired) electrons. The van der Waals surface area contributed by atoms with E-state index in [1.807, 2.05) is 0 Å². The monoisotopic (exact) mass is 360 g/mol. The average Bonchev–Trinajstić information content (AvgIpc) is 2.94. The Kier molecular flexibility index (Phi) is 4.97. The van der Waals surface area contributed by atoms with E-state index >= 15 is 0 Å². The molecule has 0 fully saturated rings. The second-order valence-corrected chi connectivity index (χ2v) is 6.14. The molecule has 0 saturated carbocycles. The van der Waals surface area contributed by atoms with Gasteiger partial charge >= 0.3 is 0 Å². The highest BCUT2D eigenvalue weighted by molar-refractivity contribution is 7.99. The largest absolute Gasteiger partial charge is 0.335 e. The van der Waals surface area contributed by atoms with Crippen molar-refractivity contribution in [3.63, 3.8) is 0 Å². The van der Waals surface area contributed by atoms with E-state index in [1.165, 1.54) is 16.4 Å². The van der Waals surface area contributed by atoms with Crippen LogP contribution in [0.25, 0.3) is 11.4 Å². The lowest BCUT2D eigenvalue weighted by molar-refractivity contribution is -0.113. The number of nitrogens with two attached hydrogens (primary N) is 1. The smallest absolute Gasteiger partial charge is 0.234 e. The van der Waals surface area contributed by atoms with Gasteiger partial charge < -0.3 is 11.2 Å². The molecule has 24 heavy (non-hydrogen) atoms. The Morgan fingerprint density at radius 3 is 2.79 bits per heavy atom.